The van der Waals surface area contributed by atoms with Gasteiger partial charge in [-0.1, -0.05) is 12.1 Å². The molecule has 1 aromatic rings. The van der Waals surface area contributed by atoms with Crippen LogP contribution in [0.2, 0.25) is 0 Å². The molecule has 7 heteroatoms. The minimum Gasteiger partial charge on any atom is -0.481 e. The van der Waals surface area contributed by atoms with Crippen LogP contribution in [0.3, 0.4) is 0 Å². The van der Waals surface area contributed by atoms with Crippen LogP contribution < -0.4 is 4.74 Å². The normalized spacial score (nSPS) is 17.5. The maximum Gasteiger partial charge on any atom is 0.387 e. The van der Waals surface area contributed by atoms with Crippen molar-refractivity contribution in [2.24, 2.45) is 0 Å². The molecule has 1 N–H and O–H groups in total. The number of hydrogen-bond acceptors (Lipinski definition) is 3. The molecule has 1 aliphatic heterocycles. The molecule has 0 bridgehead atoms. The van der Waals surface area contributed by atoms with E-state index in [1.54, 1.807) is 17.0 Å². The van der Waals surface area contributed by atoms with Crippen LogP contribution in [0.1, 0.15) is 31.2 Å². The minimum atomic E-state index is -2.86. The largest absolute Gasteiger partial charge is 0.481 e. The number of carboxylic acid groups (broad SMARTS) is 1. The van der Waals surface area contributed by atoms with Gasteiger partial charge in [-0.05, 0) is 37.0 Å². The van der Waals surface area contributed by atoms with Crippen molar-refractivity contribution in [1.82, 2.24) is 4.90 Å². The summed E-state index contributed by atoms with van der Waals surface area (Å²) in [5, 5.41) is 8.87. The molecule has 0 aliphatic carbocycles. The van der Waals surface area contributed by atoms with Crippen LogP contribution in [0.15, 0.2) is 24.3 Å². The van der Waals surface area contributed by atoms with E-state index < -0.39 is 12.6 Å². The lowest BCUT2D eigenvalue weighted by Gasteiger charge is -2.23. The zero-order chi connectivity index (χ0) is 16.8. The summed E-state index contributed by atoms with van der Waals surface area (Å²) in [6.07, 6.45) is 2.27. The van der Waals surface area contributed by atoms with Crippen molar-refractivity contribution in [1.29, 1.82) is 0 Å². The maximum atomic E-state index is 12.2. The van der Waals surface area contributed by atoms with Crippen molar-refractivity contribution in [2.45, 2.75) is 44.8 Å². The van der Waals surface area contributed by atoms with E-state index in [4.69, 9.17) is 5.11 Å². The Morgan fingerprint density at radius 3 is 2.61 bits per heavy atom. The van der Waals surface area contributed by atoms with Gasteiger partial charge in [0.1, 0.15) is 5.75 Å². The number of ether oxygens (including phenoxy) is 1. The van der Waals surface area contributed by atoms with Crippen molar-refractivity contribution in [3.8, 4) is 5.75 Å². The lowest BCUT2D eigenvalue weighted by molar-refractivity contribution is -0.139. The molecule has 2 rings (SSSR count). The number of amides is 1. The number of aliphatic carboxylic acids is 1. The molecule has 1 saturated heterocycles. The molecule has 0 aromatic heterocycles. The van der Waals surface area contributed by atoms with Gasteiger partial charge in [-0.25, -0.2) is 0 Å². The molecule has 0 spiro atoms. The second kappa shape index (κ2) is 7.89. The first-order valence-electron chi connectivity index (χ1n) is 7.50. The van der Waals surface area contributed by atoms with Gasteiger partial charge in [-0.15, -0.1) is 0 Å². The Morgan fingerprint density at radius 1 is 1.30 bits per heavy atom. The molecule has 1 unspecified atom stereocenters. The number of rotatable bonds is 7. The Morgan fingerprint density at radius 2 is 2.00 bits per heavy atom. The Labute approximate surface area is 132 Å². The van der Waals surface area contributed by atoms with E-state index in [1.165, 1.54) is 12.1 Å². The van der Waals surface area contributed by atoms with Crippen molar-refractivity contribution in [3.05, 3.63) is 29.8 Å². The summed E-state index contributed by atoms with van der Waals surface area (Å²) in [6, 6.07) is 5.94. The Balaban J connectivity index is 1.85. The quantitative estimate of drug-likeness (QED) is 0.836. The van der Waals surface area contributed by atoms with Crippen LogP contribution >= 0.6 is 0 Å². The fourth-order valence-electron chi connectivity index (χ4n) is 2.81. The first-order chi connectivity index (χ1) is 11.0. The third kappa shape index (κ3) is 5.19. The molecule has 126 valence electrons. The summed E-state index contributed by atoms with van der Waals surface area (Å²) < 4.78 is 28.4. The summed E-state index contributed by atoms with van der Waals surface area (Å²) in [6.45, 7) is -2.26. The molecule has 0 saturated carbocycles. The summed E-state index contributed by atoms with van der Waals surface area (Å²) in [4.78, 5) is 24.7. The maximum absolute atomic E-state index is 12.2. The van der Waals surface area contributed by atoms with Gasteiger partial charge >= 0.3 is 12.6 Å². The summed E-state index contributed by atoms with van der Waals surface area (Å²) in [5.74, 6) is -0.887. The van der Waals surface area contributed by atoms with E-state index in [0.717, 1.165) is 18.4 Å². The van der Waals surface area contributed by atoms with E-state index in [0.29, 0.717) is 13.0 Å². The van der Waals surface area contributed by atoms with E-state index >= 15 is 0 Å². The van der Waals surface area contributed by atoms with Gasteiger partial charge in [0, 0.05) is 19.0 Å². The summed E-state index contributed by atoms with van der Waals surface area (Å²) >= 11 is 0. The molecule has 1 heterocycles. The average Bonchev–Trinajstić information content (AvgIpc) is 2.93. The molecular formula is C16H19F2NO4. The predicted molar refractivity (Wildman–Crippen MR) is 78.4 cm³/mol. The number of carbonyl (C=O) groups excluding carboxylic acids is 1. The molecule has 1 aromatic carbocycles. The molecule has 1 amide bonds. The van der Waals surface area contributed by atoms with E-state index in [2.05, 4.69) is 4.74 Å². The van der Waals surface area contributed by atoms with Gasteiger partial charge in [0.25, 0.3) is 0 Å². The number of halogens is 2. The van der Waals surface area contributed by atoms with Gasteiger partial charge in [-0.3, -0.25) is 9.59 Å². The smallest absolute Gasteiger partial charge is 0.387 e. The molecule has 23 heavy (non-hydrogen) atoms. The van der Waals surface area contributed by atoms with Crippen molar-refractivity contribution < 1.29 is 28.2 Å². The number of carbonyl (C=O) groups is 2. The molecule has 5 nitrogen and oxygen atoms in total. The van der Waals surface area contributed by atoms with Crippen molar-refractivity contribution in [2.75, 3.05) is 6.54 Å². The van der Waals surface area contributed by atoms with Gasteiger partial charge in [0.05, 0.1) is 6.42 Å². The third-order valence-corrected chi connectivity index (χ3v) is 3.88. The number of likely N-dealkylation sites (tertiary alicyclic amines) is 1. The molecular weight excluding hydrogens is 308 g/mol. The fraction of sp³-hybridized carbons (Fsp3) is 0.500. The summed E-state index contributed by atoms with van der Waals surface area (Å²) in [7, 11) is 0. The second-order valence-electron chi connectivity index (χ2n) is 5.50. The minimum absolute atomic E-state index is 0.0224. The number of nitrogens with zero attached hydrogens (tertiary/aromatic N) is 1. The van der Waals surface area contributed by atoms with Gasteiger partial charge in [0.15, 0.2) is 0 Å². The number of hydrogen-bond donors (Lipinski definition) is 1. The highest BCUT2D eigenvalue weighted by atomic mass is 19.3. The van der Waals surface area contributed by atoms with Crippen LogP contribution in [-0.4, -0.2) is 41.1 Å². The lowest BCUT2D eigenvalue weighted by atomic mass is 10.1. The monoisotopic (exact) mass is 327 g/mol. The third-order valence-electron chi connectivity index (χ3n) is 3.88. The molecule has 0 radical (unpaired) electrons. The van der Waals surface area contributed by atoms with E-state index in [-0.39, 0.29) is 30.5 Å². The molecule has 1 atom stereocenters. The topological polar surface area (TPSA) is 66.8 Å². The average molecular weight is 327 g/mol. The number of alkyl halides is 2. The predicted octanol–water partition coefficient (Wildman–Crippen LogP) is 2.69. The van der Waals surface area contributed by atoms with Crippen LogP contribution in [0, 0.1) is 0 Å². The second-order valence-corrected chi connectivity index (χ2v) is 5.50. The van der Waals surface area contributed by atoms with Gasteiger partial charge in [0.2, 0.25) is 5.91 Å². The van der Waals surface area contributed by atoms with Gasteiger partial charge in [-0.2, -0.15) is 8.78 Å². The van der Waals surface area contributed by atoms with Crippen molar-refractivity contribution in [3.63, 3.8) is 0 Å². The van der Waals surface area contributed by atoms with E-state index in [9.17, 15) is 18.4 Å². The zero-order valence-electron chi connectivity index (χ0n) is 12.6. The Hall–Kier alpha value is -2.18. The summed E-state index contributed by atoms with van der Waals surface area (Å²) in [5.41, 5.74) is 0.842. The number of aryl methyl sites for hydroxylation is 1. The van der Waals surface area contributed by atoms with Crippen LogP contribution in [0.4, 0.5) is 8.78 Å². The zero-order valence-corrected chi connectivity index (χ0v) is 12.6. The molecule has 1 fully saturated rings. The SMILES string of the molecule is O=C(O)CC1CCCN1C(=O)CCc1ccc(OC(F)F)cc1. The highest BCUT2D eigenvalue weighted by Crippen LogP contribution is 2.22. The van der Waals surface area contributed by atoms with Crippen LogP contribution in [-0.2, 0) is 16.0 Å². The van der Waals surface area contributed by atoms with Gasteiger partial charge < -0.3 is 14.7 Å². The van der Waals surface area contributed by atoms with Crippen LogP contribution in [0.5, 0.6) is 5.75 Å². The Kier molecular flexibility index (Phi) is 5.90. The van der Waals surface area contributed by atoms with Crippen LogP contribution in [0.25, 0.3) is 0 Å². The fourth-order valence-corrected chi connectivity index (χ4v) is 2.81. The Bertz CT molecular complexity index is 548. The standard InChI is InChI=1S/C16H19F2NO4/c17-16(18)23-13-6-3-11(4-7-13)5-8-14(20)19-9-1-2-12(19)10-15(21)22/h3-4,6-7,12,16H,1-2,5,8-10H2,(H,21,22). The highest BCUT2D eigenvalue weighted by molar-refractivity contribution is 5.78. The first kappa shape index (κ1) is 17.2. The highest BCUT2D eigenvalue weighted by Gasteiger charge is 2.29. The molecule has 1 aliphatic rings. The van der Waals surface area contributed by atoms with E-state index in [1.807, 2.05) is 0 Å². The first-order valence-corrected chi connectivity index (χ1v) is 7.50. The lowest BCUT2D eigenvalue weighted by Crippen LogP contribution is -2.36. The van der Waals surface area contributed by atoms with Crippen molar-refractivity contribution >= 4 is 11.9 Å². The number of carboxylic acids is 1. The number of benzene rings is 1.